The van der Waals surface area contributed by atoms with Gasteiger partial charge in [-0.15, -0.1) is 11.3 Å². The number of hydrogen-bond acceptors (Lipinski definition) is 4. The summed E-state index contributed by atoms with van der Waals surface area (Å²) in [5, 5.41) is 10.4. The lowest BCUT2D eigenvalue weighted by Crippen LogP contribution is -2.13. The number of para-hydroxylation sites is 1. The highest BCUT2D eigenvalue weighted by molar-refractivity contribution is 7.94. The van der Waals surface area contributed by atoms with Crippen LogP contribution in [0.2, 0.25) is 5.02 Å². The van der Waals surface area contributed by atoms with Crippen LogP contribution in [0.25, 0.3) is 0 Å². The third-order valence-electron chi connectivity index (χ3n) is 2.55. The SMILES string of the molecule is Cc1cccc(Cl)c1NS(=O)(=O)c1cc(C(=O)O)cs1. The lowest BCUT2D eigenvalue weighted by atomic mass is 10.2. The molecule has 0 radical (unpaired) electrons. The van der Waals surface area contributed by atoms with Crippen molar-refractivity contribution in [3.8, 4) is 0 Å². The predicted octanol–water partition coefficient (Wildman–Crippen LogP) is 3.21. The Kier molecular flexibility index (Phi) is 4.03. The molecule has 0 atom stereocenters. The van der Waals surface area contributed by atoms with Gasteiger partial charge in [0.05, 0.1) is 16.3 Å². The van der Waals surface area contributed by atoms with Crippen LogP contribution in [0.1, 0.15) is 15.9 Å². The second kappa shape index (κ2) is 5.43. The highest BCUT2D eigenvalue weighted by atomic mass is 35.5. The summed E-state index contributed by atoms with van der Waals surface area (Å²) < 4.78 is 26.7. The molecule has 0 aliphatic rings. The summed E-state index contributed by atoms with van der Waals surface area (Å²) in [5.41, 5.74) is 0.904. The first kappa shape index (κ1) is 14.8. The number of thiophene rings is 1. The molecule has 0 aliphatic carbocycles. The van der Waals surface area contributed by atoms with Crippen molar-refractivity contribution < 1.29 is 18.3 Å². The average Bonchev–Trinajstić information content (AvgIpc) is 2.84. The van der Waals surface area contributed by atoms with Crippen molar-refractivity contribution >= 4 is 44.6 Å². The lowest BCUT2D eigenvalue weighted by molar-refractivity contribution is 0.0697. The van der Waals surface area contributed by atoms with Gasteiger partial charge in [0.25, 0.3) is 10.0 Å². The molecule has 8 heteroatoms. The van der Waals surface area contributed by atoms with Gasteiger partial charge in [0.15, 0.2) is 0 Å². The Morgan fingerprint density at radius 1 is 1.40 bits per heavy atom. The summed E-state index contributed by atoms with van der Waals surface area (Å²) in [6, 6.07) is 6.12. The first-order chi connectivity index (χ1) is 9.31. The number of carbonyl (C=O) groups is 1. The minimum atomic E-state index is -3.85. The zero-order valence-corrected chi connectivity index (χ0v) is 12.6. The van der Waals surface area contributed by atoms with Crippen molar-refractivity contribution in [2.45, 2.75) is 11.1 Å². The molecule has 2 aromatic rings. The van der Waals surface area contributed by atoms with E-state index in [1.807, 2.05) is 0 Å². The number of anilines is 1. The minimum Gasteiger partial charge on any atom is -0.478 e. The summed E-state index contributed by atoms with van der Waals surface area (Å²) >= 11 is 6.80. The molecular formula is C12H10ClNO4S2. The van der Waals surface area contributed by atoms with Gasteiger partial charge in [0, 0.05) is 5.38 Å². The molecule has 0 fully saturated rings. The maximum Gasteiger partial charge on any atom is 0.336 e. The van der Waals surface area contributed by atoms with E-state index in [-0.39, 0.29) is 14.8 Å². The summed E-state index contributed by atoms with van der Waals surface area (Å²) in [4.78, 5) is 10.8. The van der Waals surface area contributed by atoms with E-state index in [9.17, 15) is 13.2 Å². The summed E-state index contributed by atoms with van der Waals surface area (Å²) in [6.45, 7) is 1.72. The smallest absolute Gasteiger partial charge is 0.336 e. The molecule has 0 saturated carbocycles. The number of sulfonamides is 1. The van der Waals surface area contributed by atoms with Gasteiger partial charge < -0.3 is 5.11 Å². The van der Waals surface area contributed by atoms with Crippen LogP contribution in [0.4, 0.5) is 5.69 Å². The van der Waals surface area contributed by atoms with Gasteiger partial charge in [0.2, 0.25) is 0 Å². The molecule has 1 aromatic carbocycles. The predicted molar refractivity (Wildman–Crippen MR) is 78.3 cm³/mol. The molecule has 106 valence electrons. The Balaban J connectivity index is 2.38. The molecule has 2 N–H and O–H groups in total. The molecule has 2 rings (SSSR count). The number of halogens is 1. The molecule has 1 aromatic heterocycles. The Morgan fingerprint density at radius 3 is 2.65 bits per heavy atom. The fraction of sp³-hybridized carbons (Fsp3) is 0.0833. The second-order valence-corrected chi connectivity index (χ2v) is 7.22. The van der Waals surface area contributed by atoms with Crippen molar-refractivity contribution in [2.75, 3.05) is 4.72 Å². The van der Waals surface area contributed by atoms with Crippen LogP contribution >= 0.6 is 22.9 Å². The molecule has 1 heterocycles. The second-order valence-electron chi connectivity index (χ2n) is 4.00. The van der Waals surface area contributed by atoms with Gasteiger partial charge in [-0.25, -0.2) is 13.2 Å². The third kappa shape index (κ3) is 2.95. The zero-order valence-electron chi connectivity index (χ0n) is 10.3. The number of hydrogen-bond donors (Lipinski definition) is 2. The van der Waals surface area contributed by atoms with Crippen LogP contribution < -0.4 is 4.72 Å². The van der Waals surface area contributed by atoms with E-state index in [0.717, 1.165) is 17.4 Å². The largest absolute Gasteiger partial charge is 0.478 e. The first-order valence-corrected chi connectivity index (χ1v) is 8.15. The molecule has 0 amide bonds. The molecule has 0 saturated heterocycles. The van der Waals surface area contributed by atoms with E-state index in [1.165, 1.54) is 5.38 Å². The number of carboxylic acids is 1. The number of nitrogens with one attached hydrogen (secondary N) is 1. The molecule has 5 nitrogen and oxygen atoms in total. The molecule has 0 spiro atoms. The molecule has 0 aliphatic heterocycles. The Bertz CT molecular complexity index is 747. The topological polar surface area (TPSA) is 83.5 Å². The number of carboxylic acid groups (broad SMARTS) is 1. The first-order valence-electron chi connectivity index (χ1n) is 5.41. The van der Waals surface area contributed by atoms with E-state index in [4.69, 9.17) is 16.7 Å². The van der Waals surface area contributed by atoms with Crippen molar-refractivity contribution in [3.63, 3.8) is 0 Å². The normalized spacial score (nSPS) is 11.3. The van der Waals surface area contributed by atoms with Crippen molar-refractivity contribution in [3.05, 3.63) is 45.8 Å². The van der Waals surface area contributed by atoms with Crippen molar-refractivity contribution in [1.82, 2.24) is 0 Å². The fourth-order valence-corrected chi connectivity index (χ4v) is 4.15. The van der Waals surface area contributed by atoms with Gasteiger partial charge in [-0.05, 0) is 24.6 Å². The van der Waals surface area contributed by atoms with E-state index in [2.05, 4.69) is 4.72 Å². The third-order valence-corrected chi connectivity index (χ3v) is 5.65. The van der Waals surface area contributed by atoms with E-state index < -0.39 is 16.0 Å². The van der Waals surface area contributed by atoms with Crippen LogP contribution in [0.5, 0.6) is 0 Å². The molecule has 0 unspecified atom stereocenters. The van der Waals surface area contributed by atoms with Crippen LogP contribution in [-0.2, 0) is 10.0 Å². The lowest BCUT2D eigenvalue weighted by Gasteiger charge is -2.10. The standard InChI is InChI=1S/C12H10ClNO4S2/c1-7-3-2-4-9(13)11(7)14-20(17,18)10-5-8(6-19-10)12(15)16/h2-6,14H,1H3,(H,15,16). The number of rotatable bonds is 4. The number of aromatic carboxylic acids is 1. The Labute approximate surface area is 124 Å². The molecule has 20 heavy (non-hydrogen) atoms. The van der Waals surface area contributed by atoms with E-state index in [0.29, 0.717) is 11.3 Å². The summed E-state index contributed by atoms with van der Waals surface area (Å²) in [5.74, 6) is -1.17. The maximum atomic E-state index is 12.2. The average molecular weight is 332 g/mol. The van der Waals surface area contributed by atoms with E-state index in [1.54, 1.807) is 25.1 Å². The maximum absolute atomic E-state index is 12.2. The van der Waals surface area contributed by atoms with Crippen molar-refractivity contribution in [1.29, 1.82) is 0 Å². The van der Waals surface area contributed by atoms with Crippen LogP contribution in [-0.4, -0.2) is 19.5 Å². The number of benzene rings is 1. The van der Waals surface area contributed by atoms with E-state index >= 15 is 0 Å². The van der Waals surface area contributed by atoms with Gasteiger partial charge in [0.1, 0.15) is 4.21 Å². The monoisotopic (exact) mass is 331 g/mol. The fourth-order valence-electron chi connectivity index (χ4n) is 1.52. The van der Waals surface area contributed by atoms with Crippen LogP contribution in [0.15, 0.2) is 33.9 Å². The Morgan fingerprint density at radius 2 is 2.10 bits per heavy atom. The van der Waals surface area contributed by atoms with Gasteiger partial charge >= 0.3 is 5.97 Å². The Hall–Kier alpha value is -1.57. The van der Waals surface area contributed by atoms with Crippen molar-refractivity contribution in [2.24, 2.45) is 0 Å². The number of aryl methyl sites for hydroxylation is 1. The van der Waals surface area contributed by atoms with Crippen LogP contribution in [0, 0.1) is 6.92 Å². The summed E-state index contributed by atoms with van der Waals surface area (Å²) in [6.07, 6.45) is 0. The van der Waals surface area contributed by atoms with Gasteiger partial charge in [-0.3, -0.25) is 4.72 Å². The zero-order chi connectivity index (χ0) is 14.9. The van der Waals surface area contributed by atoms with Gasteiger partial charge in [-0.1, -0.05) is 23.7 Å². The minimum absolute atomic E-state index is 0.0637. The molecule has 0 bridgehead atoms. The highest BCUT2D eigenvalue weighted by Crippen LogP contribution is 2.29. The van der Waals surface area contributed by atoms with Gasteiger partial charge in [-0.2, -0.15) is 0 Å². The highest BCUT2D eigenvalue weighted by Gasteiger charge is 2.20. The summed E-state index contributed by atoms with van der Waals surface area (Å²) in [7, 11) is -3.85. The quantitative estimate of drug-likeness (QED) is 0.901. The molecular weight excluding hydrogens is 322 g/mol. The van der Waals surface area contributed by atoms with Crippen LogP contribution in [0.3, 0.4) is 0 Å².